The average molecular weight is 343 g/mol. The van der Waals surface area contributed by atoms with E-state index in [1.165, 1.54) is 30.6 Å². The van der Waals surface area contributed by atoms with E-state index in [4.69, 9.17) is 10.2 Å². The molecular weight excluding hydrogens is 322 g/mol. The molecule has 1 fully saturated rings. The minimum Gasteiger partial charge on any atom is -0.327 e. The maximum atomic E-state index is 8.93. The van der Waals surface area contributed by atoms with Crippen LogP contribution in [0.4, 0.5) is 0 Å². The van der Waals surface area contributed by atoms with E-state index < -0.39 is 0 Å². The highest BCUT2D eigenvalue weighted by atomic mass is 15.2. The summed E-state index contributed by atoms with van der Waals surface area (Å²) in [6.45, 7) is 3.25. The monoisotopic (exact) mass is 343 g/mol. The molecule has 0 amide bonds. The zero-order valence-electron chi connectivity index (χ0n) is 14.7. The molecule has 5 nitrogen and oxygen atoms in total. The molecule has 1 aliphatic heterocycles. The Kier molecular flexibility index (Phi) is 3.72. The lowest BCUT2D eigenvalue weighted by Gasteiger charge is -2.36. The molecule has 0 atom stereocenters. The number of nitrogens with zero attached hydrogens (tertiary/aromatic N) is 5. The Balaban J connectivity index is 1.49. The first kappa shape index (κ1) is 15.5. The number of benzene rings is 1. The Morgan fingerprint density at radius 3 is 2.65 bits per heavy atom. The second kappa shape index (κ2) is 6.22. The first-order valence-electron chi connectivity index (χ1n) is 9.41. The summed E-state index contributed by atoms with van der Waals surface area (Å²) >= 11 is 0. The van der Waals surface area contributed by atoms with Crippen LogP contribution in [0, 0.1) is 11.3 Å². The van der Waals surface area contributed by atoms with Gasteiger partial charge in [0.05, 0.1) is 11.0 Å². The van der Waals surface area contributed by atoms with Gasteiger partial charge in [0.15, 0.2) is 0 Å². The summed E-state index contributed by atoms with van der Waals surface area (Å²) in [4.78, 5) is 11.7. The van der Waals surface area contributed by atoms with Crippen molar-refractivity contribution in [2.24, 2.45) is 0 Å². The van der Waals surface area contributed by atoms with Crippen LogP contribution in [-0.2, 0) is 13.0 Å². The molecule has 2 aliphatic rings. The van der Waals surface area contributed by atoms with E-state index in [1.54, 1.807) is 12.3 Å². The zero-order chi connectivity index (χ0) is 17.5. The normalized spacial score (nSPS) is 18.1. The number of fused-ring (bicyclic) bond motifs is 3. The fourth-order valence-electron chi connectivity index (χ4n) is 4.12. The van der Waals surface area contributed by atoms with Crippen LogP contribution >= 0.6 is 0 Å². The topological polar surface area (TPSA) is 57.7 Å². The summed E-state index contributed by atoms with van der Waals surface area (Å²) in [7, 11) is 0. The van der Waals surface area contributed by atoms with Crippen molar-refractivity contribution in [3.8, 4) is 17.2 Å². The molecule has 3 aromatic rings. The van der Waals surface area contributed by atoms with Crippen molar-refractivity contribution in [2.75, 3.05) is 13.1 Å². The number of hydrogen-bond acceptors (Lipinski definition) is 4. The molecule has 1 aromatic carbocycles. The van der Waals surface area contributed by atoms with Crippen LogP contribution in [0.25, 0.3) is 22.2 Å². The second-order valence-electron chi connectivity index (χ2n) is 7.30. The highest BCUT2D eigenvalue weighted by Gasteiger charge is 2.27. The van der Waals surface area contributed by atoms with E-state index in [0.717, 1.165) is 48.7 Å². The zero-order valence-corrected chi connectivity index (χ0v) is 14.7. The number of nitriles is 1. The van der Waals surface area contributed by atoms with E-state index >= 15 is 0 Å². The van der Waals surface area contributed by atoms with Crippen molar-refractivity contribution < 1.29 is 0 Å². The Hall–Kier alpha value is -2.71. The number of pyridine rings is 1. The average Bonchev–Trinajstić information content (AvgIpc) is 2.86. The summed E-state index contributed by atoms with van der Waals surface area (Å²) in [5, 5.41) is 8.93. The fourth-order valence-corrected chi connectivity index (χ4v) is 4.12. The van der Waals surface area contributed by atoms with Gasteiger partial charge in [-0.3, -0.25) is 4.90 Å². The predicted molar refractivity (Wildman–Crippen MR) is 101 cm³/mol. The minimum absolute atomic E-state index is 0.448. The molecule has 130 valence electrons. The third kappa shape index (κ3) is 2.58. The summed E-state index contributed by atoms with van der Waals surface area (Å²) < 4.78 is 2.40. The molecule has 5 heteroatoms. The van der Waals surface area contributed by atoms with Crippen molar-refractivity contribution in [1.82, 2.24) is 19.4 Å². The molecule has 0 spiro atoms. The number of hydrogen-bond donors (Lipinski definition) is 0. The van der Waals surface area contributed by atoms with Gasteiger partial charge in [0, 0.05) is 43.9 Å². The van der Waals surface area contributed by atoms with Crippen molar-refractivity contribution in [3.05, 3.63) is 48.0 Å². The van der Waals surface area contributed by atoms with Crippen LogP contribution in [0.3, 0.4) is 0 Å². The minimum atomic E-state index is 0.448. The first-order chi connectivity index (χ1) is 12.8. The highest BCUT2D eigenvalue weighted by molar-refractivity contribution is 5.82. The molecule has 0 radical (unpaired) electrons. The number of aromatic nitrogens is 3. The molecule has 5 rings (SSSR count). The number of imidazole rings is 1. The summed E-state index contributed by atoms with van der Waals surface area (Å²) in [5.74, 6) is 1.21. The molecule has 2 aromatic heterocycles. The summed E-state index contributed by atoms with van der Waals surface area (Å²) in [6, 6.07) is 13.0. The van der Waals surface area contributed by atoms with Gasteiger partial charge in [-0.2, -0.15) is 5.26 Å². The highest BCUT2D eigenvalue weighted by Crippen LogP contribution is 2.29. The van der Waals surface area contributed by atoms with E-state index in [-0.39, 0.29) is 0 Å². The van der Waals surface area contributed by atoms with Gasteiger partial charge in [0.1, 0.15) is 17.6 Å². The predicted octanol–water partition coefficient (Wildman–Crippen LogP) is 3.38. The molecule has 0 unspecified atom stereocenters. The van der Waals surface area contributed by atoms with Gasteiger partial charge in [-0.25, -0.2) is 9.97 Å². The Bertz CT molecular complexity index is 992. The van der Waals surface area contributed by atoms with E-state index in [1.807, 2.05) is 6.07 Å². The van der Waals surface area contributed by atoms with E-state index in [0.29, 0.717) is 5.69 Å². The fraction of sp³-hybridized carbons (Fsp3) is 0.381. The summed E-state index contributed by atoms with van der Waals surface area (Å²) in [5.41, 5.74) is 4.88. The van der Waals surface area contributed by atoms with Gasteiger partial charge < -0.3 is 4.57 Å². The van der Waals surface area contributed by atoms with E-state index in [9.17, 15) is 0 Å². The van der Waals surface area contributed by atoms with Crippen molar-refractivity contribution in [1.29, 1.82) is 5.26 Å². The van der Waals surface area contributed by atoms with Crippen LogP contribution in [0.1, 0.15) is 30.8 Å². The summed E-state index contributed by atoms with van der Waals surface area (Å²) in [6.07, 6.45) is 6.91. The second-order valence-corrected chi connectivity index (χ2v) is 7.30. The molecule has 1 saturated carbocycles. The third-order valence-corrected chi connectivity index (χ3v) is 5.86. The standard InChI is InChI=1S/C21H21N5/c22-13-17-6-4-16(14-23-17)15-5-7-19-20(12-15)26-11-10-25(18-2-1-3-18)9-8-21(26)24-19/h4-7,12,14,18H,1-3,8-11H2. The lowest BCUT2D eigenvalue weighted by molar-refractivity contribution is 0.130. The van der Waals surface area contributed by atoms with E-state index in [2.05, 4.69) is 38.7 Å². The van der Waals surface area contributed by atoms with Crippen molar-refractivity contribution >= 4 is 11.0 Å². The van der Waals surface area contributed by atoms with Gasteiger partial charge in [0.25, 0.3) is 0 Å². The van der Waals surface area contributed by atoms with Gasteiger partial charge >= 0.3 is 0 Å². The van der Waals surface area contributed by atoms with Gasteiger partial charge in [-0.15, -0.1) is 0 Å². The molecule has 3 heterocycles. The Morgan fingerprint density at radius 2 is 1.92 bits per heavy atom. The van der Waals surface area contributed by atoms with Crippen LogP contribution in [0.2, 0.25) is 0 Å². The lowest BCUT2D eigenvalue weighted by atomic mass is 9.91. The van der Waals surface area contributed by atoms with Crippen LogP contribution in [0.15, 0.2) is 36.5 Å². The SMILES string of the molecule is N#Cc1ccc(-c2ccc3nc4n(c3c2)CCN(C2CCC2)CC4)cn1. The van der Waals surface area contributed by atoms with Gasteiger partial charge in [-0.05, 0) is 42.7 Å². The smallest absolute Gasteiger partial charge is 0.140 e. The van der Waals surface area contributed by atoms with Crippen molar-refractivity contribution in [3.63, 3.8) is 0 Å². The maximum Gasteiger partial charge on any atom is 0.140 e. The number of rotatable bonds is 2. The van der Waals surface area contributed by atoms with Crippen molar-refractivity contribution in [2.45, 2.75) is 38.3 Å². The molecule has 26 heavy (non-hydrogen) atoms. The molecule has 0 bridgehead atoms. The molecular formula is C21H21N5. The van der Waals surface area contributed by atoms with Gasteiger partial charge in [0.2, 0.25) is 0 Å². The Labute approximate surface area is 152 Å². The lowest BCUT2D eigenvalue weighted by Crippen LogP contribution is -2.41. The third-order valence-electron chi connectivity index (χ3n) is 5.86. The largest absolute Gasteiger partial charge is 0.327 e. The molecule has 1 aliphatic carbocycles. The Morgan fingerprint density at radius 1 is 1.04 bits per heavy atom. The first-order valence-corrected chi connectivity index (χ1v) is 9.41. The van der Waals surface area contributed by atoms with Crippen LogP contribution < -0.4 is 0 Å². The van der Waals surface area contributed by atoms with Crippen LogP contribution in [-0.4, -0.2) is 38.6 Å². The maximum absolute atomic E-state index is 8.93. The molecule has 0 saturated heterocycles. The molecule has 0 N–H and O–H groups in total. The quantitative estimate of drug-likeness (QED) is 0.716. The van der Waals surface area contributed by atoms with Crippen LogP contribution in [0.5, 0.6) is 0 Å². The van der Waals surface area contributed by atoms with Gasteiger partial charge in [-0.1, -0.05) is 12.5 Å².